The summed E-state index contributed by atoms with van der Waals surface area (Å²) in [7, 11) is 5.08. The third-order valence-electron chi connectivity index (χ3n) is 4.17. The molecule has 3 rings (SSSR count). The van der Waals surface area contributed by atoms with Crippen molar-refractivity contribution in [2.75, 3.05) is 21.3 Å². The van der Waals surface area contributed by atoms with Gasteiger partial charge >= 0.3 is 0 Å². The SMILES string of the molecule is COc1ccc([C@@H]2C[C@H]2c2ccc(OC)cc2OC)cc1. The molecule has 0 heterocycles. The predicted molar refractivity (Wildman–Crippen MR) is 82.6 cm³/mol. The number of hydrogen-bond acceptors (Lipinski definition) is 3. The highest BCUT2D eigenvalue weighted by Gasteiger charge is 2.41. The smallest absolute Gasteiger partial charge is 0.126 e. The Kier molecular flexibility index (Phi) is 3.74. The molecule has 0 amide bonds. The first kappa shape index (κ1) is 13.8. The molecule has 110 valence electrons. The molecule has 1 fully saturated rings. The van der Waals surface area contributed by atoms with E-state index in [0.29, 0.717) is 11.8 Å². The average molecular weight is 284 g/mol. The van der Waals surface area contributed by atoms with Crippen LogP contribution in [0, 0.1) is 0 Å². The van der Waals surface area contributed by atoms with Crippen LogP contribution in [0.25, 0.3) is 0 Å². The lowest BCUT2D eigenvalue weighted by atomic mass is 10.0. The van der Waals surface area contributed by atoms with Gasteiger partial charge in [-0.25, -0.2) is 0 Å². The molecule has 0 saturated heterocycles. The highest BCUT2D eigenvalue weighted by molar-refractivity contribution is 5.48. The van der Waals surface area contributed by atoms with Gasteiger partial charge < -0.3 is 14.2 Å². The van der Waals surface area contributed by atoms with Crippen molar-refractivity contribution in [1.82, 2.24) is 0 Å². The normalized spacial score (nSPS) is 20.0. The molecule has 0 bridgehead atoms. The number of methoxy groups -OCH3 is 3. The predicted octanol–water partition coefficient (Wildman–Crippen LogP) is 3.98. The molecule has 0 radical (unpaired) electrons. The summed E-state index contributed by atoms with van der Waals surface area (Å²) in [5, 5.41) is 0. The highest BCUT2D eigenvalue weighted by Crippen LogP contribution is 2.57. The van der Waals surface area contributed by atoms with E-state index in [1.165, 1.54) is 11.1 Å². The number of benzene rings is 2. The molecule has 2 atom stereocenters. The van der Waals surface area contributed by atoms with Crippen molar-refractivity contribution >= 4 is 0 Å². The summed E-state index contributed by atoms with van der Waals surface area (Å²) in [6, 6.07) is 14.4. The second-order valence-corrected chi connectivity index (χ2v) is 5.33. The van der Waals surface area contributed by atoms with Gasteiger partial charge in [0, 0.05) is 6.07 Å². The Morgan fingerprint density at radius 3 is 2.05 bits per heavy atom. The van der Waals surface area contributed by atoms with E-state index in [2.05, 4.69) is 18.2 Å². The van der Waals surface area contributed by atoms with E-state index in [4.69, 9.17) is 14.2 Å². The third-order valence-corrected chi connectivity index (χ3v) is 4.17. The van der Waals surface area contributed by atoms with Gasteiger partial charge in [0.2, 0.25) is 0 Å². The van der Waals surface area contributed by atoms with Crippen molar-refractivity contribution in [3.8, 4) is 17.2 Å². The number of rotatable bonds is 5. The van der Waals surface area contributed by atoms with Gasteiger partial charge in [0.15, 0.2) is 0 Å². The molecule has 3 heteroatoms. The molecule has 1 aliphatic rings. The van der Waals surface area contributed by atoms with Crippen LogP contribution in [0.1, 0.15) is 29.4 Å². The maximum atomic E-state index is 5.51. The van der Waals surface area contributed by atoms with Crippen LogP contribution < -0.4 is 14.2 Å². The molecule has 3 nitrogen and oxygen atoms in total. The topological polar surface area (TPSA) is 27.7 Å². The first-order chi connectivity index (χ1) is 10.3. The first-order valence-corrected chi connectivity index (χ1v) is 7.12. The second kappa shape index (κ2) is 5.68. The Morgan fingerprint density at radius 1 is 0.762 bits per heavy atom. The van der Waals surface area contributed by atoms with Crippen molar-refractivity contribution in [2.24, 2.45) is 0 Å². The van der Waals surface area contributed by atoms with E-state index in [1.54, 1.807) is 21.3 Å². The van der Waals surface area contributed by atoms with Crippen LogP contribution in [-0.2, 0) is 0 Å². The molecule has 1 saturated carbocycles. The van der Waals surface area contributed by atoms with E-state index >= 15 is 0 Å². The van der Waals surface area contributed by atoms with Crippen molar-refractivity contribution in [2.45, 2.75) is 18.3 Å². The molecule has 0 N–H and O–H groups in total. The Labute approximate surface area is 125 Å². The fourth-order valence-electron chi connectivity index (χ4n) is 2.88. The molecule has 0 aliphatic heterocycles. The van der Waals surface area contributed by atoms with Gasteiger partial charge in [-0.3, -0.25) is 0 Å². The van der Waals surface area contributed by atoms with Crippen LogP contribution >= 0.6 is 0 Å². The largest absolute Gasteiger partial charge is 0.497 e. The summed E-state index contributed by atoms with van der Waals surface area (Å²) in [6.07, 6.45) is 1.16. The quantitative estimate of drug-likeness (QED) is 0.831. The lowest BCUT2D eigenvalue weighted by molar-refractivity contribution is 0.391. The van der Waals surface area contributed by atoms with E-state index in [-0.39, 0.29) is 0 Å². The lowest BCUT2D eigenvalue weighted by Crippen LogP contribution is -1.93. The molecular weight excluding hydrogens is 264 g/mol. The van der Waals surface area contributed by atoms with Crippen molar-refractivity contribution in [1.29, 1.82) is 0 Å². The minimum absolute atomic E-state index is 0.527. The van der Waals surface area contributed by atoms with Crippen molar-refractivity contribution < 1.29 is 14.2 Å². The highest BCUT2D eigenvalue weighted by atomic mass is 16.5. The number of ether oxygens (including phenoxy) is 3. The van der Waals surface area contributed by atoms with Gasteiger partial charge in [-0.2, -0.15) is 0 Å². The summed E-state index contributed by atoms with van der Waals surface area (Å²) >= 11 is 0. The maximum absolute atomic E-state index is 5.51. The van der Waals surface area contributed by atoms with Gasteiger partial charge in [0.25, 0.3) is 0 Å². The minimum atomic E-state index is 0.527. The molecule has 1 aliphatic carbocycles. The zero-order valence-corrected chi connectivity index (χ0v) is 12.6. The molecule has 0 aromatic heterocycles. The van der Waals surface area contributed by atoms with Crippen LogP contribution in [0.15, 0.2) is 42.5 Å². The average Bonchev–Trinajstić information content (AvgIpc) is 3.34. The van der Waals surface area contributed by atoms with Gasteiger partial charge in [-0.15, -0.1) is 0 Å². The van der Waals surface area contributed by atoms with E-state index < -0.39 is 0 Å². The van der Waals surface area contributed by atoms with E-state index in [0.717, 1.165) is 23.7 Å². The fourth-order valence-corrected chi connectivity index (χ4v) is 2.88. The zero-order chi connectivity index (χ0) is 14.8. The molecular formula is C18H20O3. The summed E-state index contributed by atoms with van der Waals surface area (Å²) in [5.41, 5.74) is 2.62. The van der Waals surface area contributed by atoms with Crippen LogP contribution in [0.2, 0.25) is 0 Å². The van der Waals surface area contributed by atoms with Crippen LogP contribution in [-0.4, -0.2) is 21.3 Å². The molecule has 0 spiro atoms. The maximum Gasteiger partial charge on any atom is 0.126 e. The van der Waals surface area contributed by atoms with Crippen molar-refractivity contribution in [3.05, 3.63) is 53.6 Å². The third kappa shape index (κ3) is 2.68. The summed E-state index contributed by atoms with van der Waals surface area (Å²) in [6.45, 7) is 0. The Morgan fingerprint density at radius 2 is 1.43 bits per heavy atom. The Balaban J connectivity index is 1.80. The van der Waals surface area contributed by atoms with Crippen LogP contribution in [0.3, 0.4) is 0 Å². The first-order valence-electron chi connectivity index (χ1n) is 7.12. The lowest BCUT2D eigenvalue weighted by Gasteiger charge is -2.10. The fraction of sp³-hybridized carbons (Fsp3) is 0.333. The van der Waals surface area contributed by atoms with Crippen molar-refractivity contribution in [3.63, 3.8) is 0 Å². The monoisotopic (exact) mass is 284 g/mol. The van der Waals surface area contributed by atoms with Gasteiger partial charge in [-0.1, -0.05) is 18.2 Å². The van der Waals surface area contributed by atoms with Gasteiger partial charge in [0.05, 0.1) is 21.3 Å². The molecule has 0 unspecified atom stereocenters. The zero-order valence-electron chi connectivity index (χ0n) is 12.6. The number of hydrogen-bond donors (Lipinski definition) is 0. The van der Waals surface area contributed by atoms with E-state index in [1.807, 2.05) is 24.3 Å². The van der Waals surface area contributed by atoms with Crippen LogP contribution in [0.4, 0.5) is 0 Å². The minimum Gasteiger partial charge on any atom is -0.497 e. The second-order valence-electron chi connectivity index (χ2n) is 5.33. The molecule has 21 heavy (non-hydrogen) atoms. The van der Waals surface area contributed by atoms with Gasteiger partial charge in [0.1, 0.15) is 17.2 Å². The standard InChI is InChI=1S/C18H20O3/c1-19-13-6-4-12(5-7-13)16-11-17(16)15-9-8-14(20-2)10-18(15)21-3/h4-10,16-17H,11H2,1-3H3/t16-,17-/m0/s1. The van der Waals surface area contributed by atoms with Gasteiger partial charge in [-0.05, 0) is 47.6 Å². The summed E-state index contributed by atoms with van der Waals surface area (Å²) in [4.78, 5) is 0. The van der Waals surface area contributed by atoms with Crippen LogP contribution in [0.5, 0.6) is 17.2 Å². The summed E-state index contributed by atoms with van der Waals surface area (Å²) in [5.74, 6) is 3.74. The Bertz CT molecular complexity index is 619. The van der Waals surface area contributed by atoms with E-state index in [9.17, 15) is 0 Å². The molecule has 2 aromatic rings. The Hall–Kier alpha value is -2.16. The molecule has 2 aromatic carbocycles. The summed E-state index contributed by atoms with van der Waals surface area (Å²) < 4.78 is 16.0.